The molecule has 4 aliphatic heterocycles. The number of rotatable bonds is 0. The number of carbonyl (C=O) groups excluding carboxylic acids is 2. The molecule has 38 heavy (non-hydrogen) atoms. The summed E-state index contributed by atoms with van der Waals surface area (Å²) in [4.78, 5) is 26.2. The Hall–Kier alpha value is -2.04. The number of cyclic esters (lactones) is 1. The van der Waals surface area contributed by atoms with Crippen LogP contribution in [0.1, 0.15) is 53.4 Å². The third kappa shape index (κ3) is 3.84. The molecule has 9 heteroatoms. The van der Waals surface area contributed by atoms with Gasteiger partial charge >= 0.3 is 11.9 Å². The van der Waals surface area contributed by atoms with Crippen molar-refractivity contribution in [1.29, 1.82) is 0 Å². The van der Waals surface area contributed by atoms with Crippen molar-refractivity contribution < 1.29 is 43.1 Å². The SMILES string of the molecule is CC1=C[C@H]2O[C@@H]3C[C@H]4OC(=O)/C=C\C=C/C5OC(C[C@@H](C)[C@H](O)C(=O)OC[C@@]2(CC1)[C@]4(C)[C@@]31CO1)OC5C. The number of hydrogen-bond donors (Lipinski definition) is 1. The maximum Gasteiger partial charge on any atom is 0.335 e. The summed E-state index contributed by atoms with van der Waals surface area (Å²) in [5.41, 5.74) is -0.721. The number of epoxide rings is 1. The molecule has 3 saturated heterocycles. The quantitative estimate of drug-likeness (QED) is 0.287. The molecule has 1 N–H and O–H groups in total. The van der Waals surface area contributed by atoms with Crippen molar-refractivity contribution in [2.75, 3.05) is 13.2 Å². The summed E-state index contributed by atoms with van der Waals surface area (Å²) in [7, 11) is 0. The normalized spacial score (nSPS) is 52.2. The van der Waals surface area contributed by atoms with E-state index in [0.717, 1.165) is 6.42 Å². The monoisotopic (exact) mass is 530 g/mol. The highest BCUT2D eigenvalue weighted by molar-refractivity contribution is 5.82. The van der Waals surface area contributed by atoms with Crippen molar-refractivity contribution in [3.63, 3.8) is 0 Å². The predicted molar refractivity (Wildman–Crippen MR) is 134 cm³/mol. The average Bonchev–Trinajstić information content (AvgIpc) is 3.58. The number of allylic oxidation sites excluding steroid dienone is 3. The van der Waals surface area contributed by atoms with Gasteiger partial charge in [-0.05, 0) is 32.6 Å². The Morgan fingerprint density at radius 2 is 1.82 bits per heavy atom. The van der Waals surface area contributed by atoms with E-state index in [-0.39, 0.29) is 31.0 Å². The van der Waals surface area contributed by atoms with Gasteiger partial charge in [0, 0.05) is 24.3 Å². The minimum absolute atomic E-state index is 0.0283. The van der Waals surface area contributed by atoms with E-state index in [0.29, 0.717) is 25.9 Å². The molecule has 4 bridgehead atoms. The van der Waals surface area contributed by atoms with Crippen molar-refractivity contribution in [3.8, 4) is 0 Å². The zero-order chi connectivity index (χ0) is 26.9. The maximum atomic E-state index is 13.2. The number of fused-ring (bicyclic) bond motifs is 2. The third-order valence-electron chi connectivity index (χ3n) is 10.1. The standard InChI is InChI=1S/C29H38O9/c1-16-9-10-28-14-33-26(32)25(31)17(2)12-24-35-18(3)19(36-24)7-5-6-8-23(30)38-20-13-22(37-21(28)11-16)29(15-34-29)27(20,28)4/h5-8,11,17-22,24-25,31H,9-10,12-15H2,1-4H3/b7-5-,8-6-/t17-,18?,19?,20-,21-,22-,24?,25+,27-,28-,29-/m1/s1. The molecular formula is C29H38O9. The summed E-state index contributed by atoms with van der Waals surface area (Å²) < 4.78 is 36.6. The van der Waals surface area contributed by atoms with E-state index >= 15 is 0 Å². The molecule has 4 heterocycles. The van der Waals surface area contributed by atoms with Gasteiger partial charge in [0.25, 0.3) is 0 Å². The van der Waals surface area contributed by atoms with Gasteiger partial charge in [0.05, 0.1) is 30.3 Å². The lowest BCUT2D eigenvalue weighted by atomic mass is 9.51. The van der Waals surface area contributed by atoms with Crippen molar-refractivity contribution >= 4 is 11.9 Å². The van der Waals surface area contributed by atoms with E-state index < -0.39 is 52.8 Å². The fourth-order valence-corrected chi connectivity index (χ4v) is 7.52. The lowest BCUT2D eigenvalue weighted by Gasteiger charge is -2.58. The second-order valence-corrected chi connectivity index (χ2v) is 12.1. The zero-order valence-electron chi connectivity index (χ0n) is 22.5. The second-order valence-electron chi connectivity index (χ2n) is 12.1. The lowest BCUT2D eigenvalue weighted by Crippen LogP contribution is -2.67. The van der Waals surface area contributed by atoms with E-state index in [1.807, 2.05) is 13.0 Å². The lowest BCUT2D eigenvalue weighted by molar-refractivity contribution is -0.234. The first-order valence-corrected chi connectivity index (χ1v) is 13.8. The Bertz CT molecular complexity index is 1080. The minimum Gasteiger partial charge on any atom is -0.463 e. The van der Waals surface area contributed by atoms with Gasteiger partial charge in [-0.25, -0.2) is 9.59 Å². The van der Waals surface area contributed by atoms with Crippen LogP contribution in [0.3, 0.4) is 0 Å². The molecule has 0 aromatic heterocycles. The highest BCUT2D eigenvalue weighted by Crippen LogP contribution is 2.72. The predicted octanol–water partition coefficient (Wildman–Crippen LogP) is 2.76. The summed E-state index contributed by atoms with van der Waals surface area (Å²) in [6.07, 6.45) is 7.64. The molecule has 0 amide bonds. The molecule has 11 atom stereocenters. The zero-order valence-corrected chi connectivity index (χ0v) is 22.5. The van der Waals surface area contributed by atoms with E-state index in [1.165, 1.54) is 11.6 Å². The smallest absolute Gasteiger partial charge is 0.335 e. The van der Waals surface area contributed by atoms with Crippen molar-refractivity contribution in [1.82, 2.24) is 0 Å². The molecule has 2 spiro atoms. The van der Waals surface area contributed by atoms with Gasteiger partial charge < -0.3 is 33.5 Å². The first-order valence-electron chi connectivity index (χ1n) is 13.8. The molecule has 0 aromatic carbocycles. The van der Waals surface area contributed by atoms with Gasteiger partial charge in [0.1, 0.15) is 24.4 Å². The molecule has 3 unspecified atom stereocenters. The fraction of sp³-hybridized carbons (Fsp3) is 0.724. The molecule has 2 aliphatic carbocycles. The number of esters is 2. The minimum atomic E-state index is -1.34. The summed E-state index contributed by atoms with van der Waals surface area (Å²) in [6.45, 7) is 8.40. The summed E-state index contributed by atoms with van der Waals surface area (Å²) >= 11 is 0. The van der Waals surface area contributed by atoms with Crippen molar-refractivity contribution in [2.24, 2.45) is 16.7 Å². The van der Waals surface area contributed by atoms with Crippen LogP contribution in [0.15, 0.2) is 36.0 Å². The Labute approximate surface area is 223 Å². The van der Waals surface area contributed by atoms with E-state index in [4.69, 9.17) is 28.4 Å². The van der Waals surface area contributed by atoms with Crippen LogP contribution >= 0.6 is 0 Å². The Balaban J connectivity index is 1.36. The Morgan fingerprint density at radius 3 is 2.58 bits per heavy atom. The van der Waals surface area contributed by atoms with Crippen LogP contribution in [-0.2, 0) is 38.0 Å². The number of aliphatic hydroxyl groups is 1. The van der Waals surface area contributed by atoms with E-state index in [9.17, 15) is 14.7 Å². The van der Waals surface area contributed by atoms with Gasteiger partial charge in [-0.15, -0.1) is 0 Å². The number of carbonyl (C=O) groups is 2. The van der Waals surface area contributed by atoms with Crippen LogP contribution in [0.2, 0.25) is 0 Å². The van der Waals surface area contributed by atoms with E-state index in [1.54, 1.807) is 19.1 Å². The highest BCUT2D eigenvalue weighted by Gasteiger charge is 2.83. The summed E-state index contributed by atoms with van der Waals surface area (Å²) in [5.74, 6) is -1.58. The molecule has 4 fully saturated rings. The van der Waals surface area contributed by atoms with Crippen LogP contribution < -0.4 is 0 Å². The van der Waals surface area contributed by atoms with Gasteiger partial charge in [0.2, 0.25) is 0 Å². The molecule has 6 rings (SSSR count). The number of ether oxygens (including phenoxy) is 6. The van der Waals surface area contributed by atoms with Crippen LogP contribution in [0.4, 0.5) is 0 Å². The second kappa shape index (κ2) is 9.27. The molecule has 1 saturated carbocycles. The number of hydrogen-bond acceptors (Lipinski definition) is 9. The summed E-state index contributed by atoms with van der Waals surface area (Å²) in [5, 5.41) is 10.9. The highest BCUT2D eigenvalue weighted by atomic mass is 16.7. The van der Waals surface area contributed by atoms with Gasteiger partial charge in [-0.1, -0.05) is 43.7 Å². The van der Waals surface area contributed by atoms with Crippen LogP contribution in [0.25, 0.3) is 0 Å². The Kier molecular flexibility index (Phi) is 6.39. The Morgan fingerprint density at radius 1 is 1.03 bits per heavy atom. The average molecular weight is 531 g/mol. The first kappa shape index (κ1) is 26.2. The topological polar surface area (TPSA) is 113 Å². The van der Waals surface area contributed by atoms with Crippen LogP contribution in [-0.4, -0.2) is 78.8 Å². The largest absolute Gasteiger partial charge is 0.463 e. The van der Waals surface area contributed by atoms with Crippen LogP contribution in [0.5, 0.6) is 0 Å². The first-order chi connectivity index (χ1) is 18.1. The summed E-state index contributed by atoms with van der Waals surface area (Å²) in [6, 6.07) is 0. The fourth-order valence-electron chi connectivity index (χ4n) is 7.52. The van der Waals surface area contributed by atoms with Gasteiger partial charge in [0.15, 0.2) is 12.4 Å². The van der Waals surface area contributed by atoms with E-state index in [2.05, 4.69) is 19.9 Å². The molecule has 0 radical (unpaired) electrons. The molecule has 6 aliphatic rings. The molecular weight excluding hydrogens is 492 g/mol. The van der Waals surface area contributed by atoms with Crippen molar-refractivity contribution in [2.45, 2.75) is 102 Å². The third-order valence-corrected chi connectivity index (χ3v) is 10.1. The molecule has 9 nitrogen and oxygen atoms in total. The van der Waals surface area contributed by atoms with Crippen LogP contribution in [0, 0.1) is 16.7 Å². The number of aliphatic hydroxyl groups excluding tert-OH is 1. The van der Waals surface area contributed by atoms with Crippen molar-refractivity contribution in [3.05, 3.63) is 36.0 Å². The van der Waals surface area contributed by atoms with Gasteiger partial charge in [-0.3, -0.25) is 0 Å². The maximum absolute atomic E-state index is 13.2. The molecule has 208 valence electrons. The van der Waals surface area contributed by atoms with Gasteiger partial charge in [-0.2, -0.15) is 0 Å². The molecule has 0 aromatic rings.